The monoisotopic (exact) mass is 327 g/mol. The van der Waals surface area contributed by atoms with Gasteiger partial charge in [-0.25, -0.2) is 0 Å². The molecule has 1 aliphatic rings. The lowest BCUT2D eigenvalue weighted by Crippen LogP contribution is -2.18. The number of nitrogens with zero attached hydrogens (tertiary/aromatic N) is 2. The van der Waals surface area contributed by atoms with Crippen LogP contribution in [0.3, 0.4) is 0 Å². The Morgan fingerprint density at radius 1 is 0.880 bits per heavy atom. The maximum absolute atomic E-state index is 5.86. The molecule has 25 heavy (non-hydrogen) atoms. The molecule has 1 atom stereocenters. The molecular formula is C22H21N3. The number of para-hydroxylation sites is 1. The summed E-state index contributed by atoms with van der Waals surface area (Å²) in [7, 11) is 0. The quantitative estimate of drug-likeness (QED) is 0.693. The first kappa shape index (κ1) is 15.5. The molecule has 124 valence electrons. The highest BCUT2D eigenvalue weighted by molar-refractivity contribution is 6.03. The van der Waals surface area contributed by atoms with E-state index in [1.807, 2.05) is 18.2 Å². The van der Waals surface area contributed by atoms with E-state index in [1.165, 1.54) is 16.7 Å². The Bertz CT molecular complexity index is 881. The molecule has 0 radical (unpaired) electrons. The molecule has 1 aliphatic heterocycles. The van der Waals surface area contributed by atoms with Crippen LogP contribution in [0.25, 0.3) is 0 Å². The van der Waals surface area contributed by atoms with E-state index in [0.29, 0.717) is 0 Å². The Kier molecular flexibility index (Phi) is 3.98. The third-order valence-electron chi connectivity index (χ3n) is 4.64. The minimum Gasteiger partial charge on any atom is -0.399 e. The summed E-state index contributed by atoms with van der Waals surface area (Å²) < 4.78 is 0. The van der Waals surface area contributed by atoms with E-state index in [1.54, 1.807) is 0 Å². The molecule has 3 aromatic rings. The molecule has 0 saturated heterocycles. The first-order valence-electron chi connectivity index (χ1n) is 8.55. The van der Waals surface area contributed by atoms with Gasteiger partial charge in [0.25, 0.3) is 0 Å². The zero-order valence-corrected chi connectivity index (χ0v) is 14.3. The molecule has 1 unspecified atom stereocenters. The minimum absolute atomic E-state index is 0.180. The maximum Gasteiger partial charge on any atom is 0.0831 e. The summed E-state index contributed by atoms with van der Waals surface area (Å²) in [4.78, 5) is 0. The van der Waals surface area contributed by atoms with Gasteiger partial charge in [-0.1, -0.05) is 60.2 Å². The molecular weight excluding hydrogens is 306 g/mol. The Morgan fingerprint density at radius 2 is 1.56 bits per heavy atom. The van der Waals surface area contributed by atoms with Crippen molar-refractivity contribution in [1.29, 1.82) is 0 Å². The molecule has 3 aromatic carbocycles. The molecule has 3 nitrogen and oxygen atoms in total. The average molecular weight is 327 g/mol. The largest absolute Gasteiger partial charge is 0.399 e. The second-order valence-electron chi connectivity index (χ2n) is 6.48. The van der Waals surface area contributed by atoms with Gasteiger partial charge in [0.15, 0.2) is 0 Å². The summed E-state index contributed by atoms with van der Waals surface area (Å²) in [6.45, 7) is 2.10. The summed E-state index contributed by atoms with van der Waals surface area (Å²) in [6.07, 6.45) is 0.877. The van der Waals surface area contributed by atoms with Crippen molar-refractivity contribution in [3.8, 4) is 0 Å². The fraction of sp³-hybridized carbons (Fsp3) is 0.136. The van der Waals surface area contributed by atoms with Crippen LogP contribution in [0.1, 0.15) is 29.2 Å². The van der Waals surface area contributed by atoms with Crippen LogP contribution in [0.5, 0.6) is 0 Å². The molecule has 0 fully saturated rings. The molecule has 1 heterocycles. The smallest absolute Gasteiger partial charge is 0.0831 e. The van der Waals surface area contributed by atoms with Crippen LogP contribution in [0.2, 0.25) is 0 Å². The lowest BCUT2D eigenvalue weighted by atomic mass is 9.97. The van der Waals surface area contributed by atoms with Crippen molar-refractivity contribution >= 4 is 17.1 Å². The average Bonchev–Trinajstić information content (AvgIpc) is 3.09. The van der Waals surface area contributed by atoms with E-state index in [0.717, 1.165) is 23.5 Å². The van der Waals surface area contributed by atoms with Crippen molar-refractivity contribution in [2.75, 3.05) is 10.7 Å². The molecule has 2 N–H and O–H groups in total. The fourth-order valence-corrected chi connectivity index (χ4v) is 3.23. The summed E-state index contributed by atoms with van der Waals surface area (Å²) in [6, 6.07) is 27.2. The van der Waals surface area contributed by atoms with Gasteiger partial charge < -0.3 is 5.73 Å². The van der Waals surface area contributed by atoms with Gasteiger partial charge in [-0.3, -0.25) is 5.01 Å². The Hall–Kier alpha value is -3.07. The van der Waals surface area contributed by atoms with Gasteiger partial charge >= 0.3 is 0 Å². The molecule has 0 aromatic heterocycles. The number of anilines is 2. The molecule has 0 saturated carbocycles. The number of nitrogens with two attached hydrogens (primary N) is 1. The van der Waals surface area contributed by atoms with Crippen molar-refractivity contribution in [1.82, 2.24) is 0 Å². The van der Waals surface area contributed by atoms with Gasteiger partial charge in [-0.2, -0.15) is 5.10 Å². The molecule has 0 bridgehead atoms. The molecule has 0 amide bonds. The van der Waals surface area contributed by atoms with Crippen LogP contribution in [0.4, 0.5) is 11.4 Å². The summed E-state index contributed by atoms with van der Waals surface area (Å²) in [5.74, 6) is 0. The first-order valence-corrected chi connectivity index (χ1v) is 8.55. The van der Waals surface area contributed by atoms with E-state index in [4.69, 9.17) is 10.8 Å². The lowest BCUT2D eigenvalue weighted by Gasteiger charge is -2.24. The highest BCUT2D eigenvalue weighted by Crippen LogP contribution is 2.36. The summed E-state index contributed by atoms with van der Waals surface area (Å²) in [5.41, 5.74) is 12.5. The zero-order chi connectivity index (χ0) is 17.2. The standard InChI is InChI=1S/C22H21N3/c1-16-7-9-17(10-8-16)21-15-22(18-11-13-19(23)14-12-18)25(24-21)20-5-3-2-4-6-20/h2-14,22H,15,23H2,1H3. The summed E-state index contributed by atoms with van der Waals surface area (Å²) >= 11 is 0. The number of rotatable bonds is 3. The third-order valence-corrected chi connectivity index (χ3v) is 4.64. The van der Waals surface area contributed by atoms with Crippen LogP contribution in [-0.2, 0) is 0 Å². The van der Waals surface area contributed by atoms with Crippen LogP contribution in [-0.4, -0.2) is 5.71 Å². The predicted octanol–water partition coefficient (Wildman–Crippen LogP) is 4.93. The fourth-order valence-electron chi connectivity index (χ4n) is 3.23. The second kappa shape index (κ2) is 6.44. The third kappa shape index (κ3) is 3.13. The predicted molar refractivity (Wildman–Crippen MR) is 105 cm³/mol. The SMILES string of the molecule is Cc1ccc(C2=NN(c3ccccc3)C(c3ccc(N)cc3)C2)cc1. The van der Waals surface area contributed by atoms with Crippen LogP contribution >= 0.6 is 0 Å². The molecule has 4 rings (SSSR count). The van der Waals surface area contributed by atoms with Crippen molar-refractivity contribution in [3.05, 3.63) is 95.6 Å². The van der Waals surface area contributed by atoms with Crippen LogP contribution in [0, 0.1) is 6.92 Å². The Balaban J connectivity index is 1.73. The first-order chi connectivity index (χ1) is 12.2. The number of nitrogen functional groups attached to an aromatic ring is 1. The normalized spacial score (nSPS) is 16.8. The molecule has 0 aliphatic carbocycles. The topological polar surface area (TPSA) is 41.6 Å². The molecule has 0 spiro atoms. The van der Waals surface area contributed by atoms with Gasteiger partial charge in [0, 0.05) is 12.1 Å². The highest BCUT2D eigenvalue weighted by atomic mass is 15.5. The van der Waals surface area contributed by atoms with Crippen molar-refractivity contribution in [3.63, 3.8) is 0 Å². The number of benzene rings is 3. The van der Waals surface area contributed by atoms with E-state index < -0.39 is 0 Å². The van der Waals surface area contributed by atoms with E-state index in [-0.39, 0.29) is 6.04 Å². The second-order valence-corrected chi connectivity index (χ2v) is 6.48. The Labute approximate surface area is 148 Å². The summed E-state index contributed by atoms with van der Waals surface area (Å²) in [5, 5.41) is 7.08. The van der Waals surface area contributed by atoms with Gasteiger partial charge in [0.05, 0.1) is 17.4 Å². The Morgan fingerprint density at radius 3 is 2.24 bits per heavy atom. The number of hydrazone groups is 1. The van der Waals surface area contributed by atoms with Gasteiger partial charge in [0.2, 0.25) is 0 Å². The van der Waals surface area contributed by atoms with Crippen molar-refractivity contribution < 1.29 is 0 Å². The number of hydrogen-bond acceptors (Lipinski definition) is 3. The van der Waals surface area contributed by atoms with Gasteiger partial charge in [-0.15, -0.1) is 0 Å². The van der Waals surface area contributed by atoms with E-state index in [9.17, 15) is 0 Å². The highest BCUT2D eigenvalue weighted by Gasteiger charge is 2.29. The number of hydrogen-bond donors (Lipinski definition) is 1. The van der Waals surface area contributed by atoms with Gasteiger partial charge in [-0.05, 0) is 42.3 Å². The van der Waals surface area contributed by atoms with Crippen molar-refractivity contribution in [2.24, 2.45) is 5.10 Å². The van der Waals surface area contributed by atoms with E-state index >= 15 is 0 Å². The molecule has 3 heteroatoms. The van der Waals surface area contributed by atoms with Crippen molar-refractivity contribution in [2.45, 2.75) is 19.4 Å². The minimum atomic E-state index is 0.180. The lowest BCUT2D eigenvalue weighted by molar-refractivity contribution is 0.709. The van der Waals surface area contributed by atoms with E-state index in [2.05, 4.69) is 72.6 Å². The number of aryl methyl sites for hydroxylation is 1. The zero-order valence-electron chi connectivity index (χ0n) is 14.3. The maximum atomic E-state index is 5.86. The van der Waals surface area contributed by atoms with Gasteiger partial charge in [0.1, 0.15) is 0 Å². The van der Waals surface area contributed by atoms with Crippen LogP contribution < -0.4 is 10.7 Å². The van der Waals surface area contributed by atoms with Crippen LogP contribution in [0.15, 0.2) is 84.0 Å².